The Hall–Kier alpha value is -1.44. The van der Waals surface area contributed by atoms with Gasteiger partial charge < -0.3 is 4.42 Å². The molecule has 2 aromatic rings. The number of hydrogen-bond donors (Lipinski definition) is 0. The Morgan fingerprint density at radius 3 is 2.90 bits per heavy atom. The molecule has 1 aliphatic heterocycles. The van der Waals surface area contributed by atoms with E-state index < -0.39 is 10.0 Å². The number of benzene rings is 1. The SMILES string of the molecule is O=S1(=O)CCCN1Cc1nnc(-c2cccc(Cl)c2)o1. The number of hydrogen-bond acceptors (Lipinski definition) is 5. The second-order valence-corrected chi connectivity index (χ2v) is 7.04. The van der Waals surface area contributed by atoms with Crippen molar-refractivity contribution in [3.63, 3.8) is 0 Å². The van der Waals surface area contributed by atoms with Crippen molar-refractivity contribution in [2.75, 3.05) is 12.3 Å². The van der Waals surface area contributed by atoms with E-state index in [0.29, 0.717) is 29.4 Å². The van der Waals surface area contributed by atoms with Crippen LogP contribution in [0.25, 0.3) is 11.5 Å². The normalized spacial score (nSPS) is 18.4. The summed E-state index contributed by atoms with van der Waals surface area (Å²) >= 11 is 5.90. The molecule has 106 valence electrons. The van der Waals surface area contributed by atoms with E-state index in [1.807, 2.05) is 0 Å². The molecule has 0 aliphatic carbocycles. The summed E-state index contributed by atoms with van der Waals surface area (Å²) in [5, 5.41) is 8.38. The minimum absolute atomic E-state index is 0.121. The van der Waals surface area contributed by atoms with Crippen LogP contribution in [0, 0.1) is 0 Å². The molecule has 0 bridgehead atoms. The van der Waals surface area contributed by atoms with Crippen LogP contribution in [-0.2, 0) is 16.6 Å². The molecule has 3 rings (SSSR count). The average molecular weight is 314 g/mol. The smallest absolute Gasteiger partial charge is 0.247 e. The average Bonchev–Trinajstić information content (AvgIpc) is 2.98. The van der Waals surface area contributed by atoms with Crippen molar-refractivity contribution in [2.45, 2.75) is 13.0 Å². The number of sulfonamides is 1. The molecule has 0 saturated carbocycles. The second kappa shape index (κ2) is 5.16. The lowest BCUT2D eigenvalue weighted by Gasteiger charge is -2.10. The minimum Gasteiger partial charge on any atom is -0.419 e. The third kappa shape index (κ3) is 2.70. The summed E-state index contributed by atoms with van der Waals surface area (Å²) in [4.78, 5) is 0. The van der Waals surface area contributed by atoms with Crippen LogP contribution in [0.5, 0.6) is 0 Å². The first-order chi connectivity index (χ1) is 9.54. The molecule has 0 unspecified atom stereocenters. The van der Waals surface area contributed by atoms with Gasteiger partial charge >= 0.3 is 0 Å². The van der Waals surface area contributed by atoms with Crippen molar-refractivity contribution in [3.8, 4) is 11.5 Å². The van der Waals surface area contributed by atoms with E-state index in [9.17, 15) is 8.42 Å². The van der Waals surface area contributed by atoms with E-state index >= 15 is 0 Å². The zero-order valence-corrected chi connectivity index (χ0v) is 12.1. The van der Waals surface area contributed by atoms with Crippen LogP contribution in [0.15, 0.2) is 28.7 Å². The molecule has 1 aromatic carbocycles. The first kappa shape index (κ1) is 13.5. The predicted octanol–water partition coefficient (Wildman–Crippen LogP) is 1.93. The highest BCUT2D eigenvalue weighted by Crippen LogP contribution is 2.23. The van der Waals surface area contributed by atoms with Crippen LogP contribution in [0.3, 0.4) is 0 Å². The van der Waals surface area contributed by atoms with Crippen molar-refractivity contribution >= 4 is 21.6 Å². The molecule has 2 heterocycles. The maximum Gasteiger partial charge on any atom is 0.247 e. The lowest BCUT2D eigenvalue weighted by Crippen LogP contribution is -2.25. The van der Waals surface area contributed by atoms with Gasteiger partial charge in [-0.05, 0) is 24.6 Å². The third-order valence-corrected chi connectivity index (χ3v) is 5.19. The molecular weight excluding hydrogens is 302 g/mol. The van der Waals surface area contributed by atoms with Crippen molar-refractivity contribution in [1.82, 2.24) is 14.5 Å². The molecule has 8 heteroatoms. The van der Waals surface area contributed by atoms with Crippen LogP contribution in [0.1, 0.15) is 12.3 Å². The Bertz CT molecular complexity index is 729. The Morgan fingerprint density at radius 1 is 1.35 bits per heavy atom. The van der Waals surface area contributed by atoms with Crippen molar-refractivity contribution in [2.24, 2.45) is 0 Å². The van der Waals surface area contributed by atoms with Gasteiger partial charge in [0.2, 0.25) is 21.8 Å². The molecule has 0 atom stereocenters. The summed E-state index contributed by atoms with van der Waals surface area (Å²) in [6.07, 6.45) is 0.637. The molecule has 1 saturated heterocycles. The van der Waals surface area contributed by atoms with Gasteiger partial charge in [-0.1, -0.05) is 17.7 Å². The second-order valence-electron chi connectivity index (χ2n) is 4.51. The van der Waals surface area contributed by atoms with Crippen molar-refractivity contribution < 1.29 is 12.8 Å². The summed E-state index contributed by atoms with van der Waals surface area (Å²) in [5.41, 5.74) is 0.709. The third-order valence-electron chi connectivity index (χ3n) is 3.05. The summed E-state index contributed by atoms with van der Waals surface area (Å²) in [5.74, 6) is 0.798. The fourth-order valence-electron chi connectivity index (χ4n) is 2.08. The van der Waals surface area contributed by atoms with Gasteiger partial charge in [-0.25, -0.2) is 8.42 Å². The lowest BCUT2D eigenvalue weighted by atomic mass is 10.2. The first-order valence-electron chi connectivity index (χ1n) is 6.11. The summed E-state index contributed by atoms with van der Waals surface area (Å²) < 4.78 is 30.3. The molecule has 1 aliphatic rings. The highest BCUT2D eigenvalue weighted by Gasteiger charge is 2.29. The monoisotopic (exact) mass is 313 g/mol. The molecular formula is C12H12ClN3O3S. The largest absolute Gasteiger partial charge is 0.419 e. The molecule has 0 spiro atoms. The van der Waals surface area contributed by atoms with E-state index in [1.165, 1.54) is 4.31 Å². The van der Waals surface area contributed by atoms with Crippen LogP contribution >= 0.6 is 11.6 Å². The summed E-state index contributed by atoms with van der Waals surface area (Å²) in [6, 6.07) is 7.05. The summed E-state index contributed by atoms with van der Waals surface area (Å²) in [6.45, 7) is 0.618. The highest BCUT2D eigenvalue weighted by atomic mass is 35.5. The van der Waals surface area contributed by atoms with Gasteiger partial charge in [0.25, 0.3) is 0 Å². The van der Waals surface area contributed by atoms with Crippen LogP contribution < -0.4 is 0 Å². The zero-order valence-electron chi connectivity index (χ0n) is 10.5. The molecule has 0 amide bonds. The minimum atomic E-state index is -3.16. The predicted molar refractivity (Wildman–Crippen MR) is 73.6 cm³/mol. The van der Waals surface area contributed by atoms with Gasteiger partial charge in [-0.15, -0.1) is 10.2 Å². The Balaban J connectivity index is 1.81. The van der Waals surface area contributed by atoms with Gasteiger partial charge in [0.1, 0.15) is 0 Å². The van der Waals surface area contributed by atoms with Gasteiger partial charge in [-0.3, -0.25) is 0 Å². The molecule has 0 radical (unpaired) electrons. The van der Waals surface area contributed by atoms with E-state index in [0.717, 1.165) is 0 Å². The molecule has 6 nitrogen and oxygen atoms in total. The molecule has 1 fully saturated rings. The number of nitrogens with zero attached hydrogens (tertiary/aromatic N) is 3. The van der Waals surface area contributed by atoms with E-state index in [1.54, 1.807) is 24.3 Å². The lowest BCUT2D eigenvalue weighted by molar-refractivity contribution is 0.379. The quantitative estimate of drug-likeness (QED) is 0.865. The van der Waals surface area contributed by atoms with Gasteiger partial charge in [0.15, 0.2) is 0 Å². The standard InChI is InChI=1S/C12H12ClN3O3S/c13-10-4-1-3-9(7-10)12-15-14-11(19-12)8-16-5-2-6-20(16,17)18/h1,3-4,7H,2,5-6,8H2. The highest BCUT2D eigenvalue weighted by molar-refractivity contribution is 7.89. The maximum atomic E-state index is 11.7. The zero-order chi connectivity index (χ0) is 14.2. The summed E-state index contributed by atoms with van der Waals surface area (Å²) in [7, 11) is -3.16. The van der Waals surface area contributed by atoms with Crippen LogP contribution in [0.2, 0.25) is 5.02 Å². The maximum absolute atomic E-state index is 11.7. The molecule has 0 N–H and O–H groups in total. The van der Waals surface area contributed by atoms with Gasteiger partial charge in [0, 0.05) is 17.1 Å². The Kier molecular flexibility index (Phi) is 3.49. The first-order valence-corrected chi connectivity index (χ1v) is 8.09. The van der Waals surface area contributed by atoms with E-state index in [2.05, 4.69) is 10.2 Å². The Morgan fingerprint density at radius 2 is 2.20 bits per heavy atom. The Labute approximate surface area is 121 Å². The van der Waals surface area contributed by atoms with Crippen LogP contribution in [-0.4, -0.2) is 35.2 Å². The molecule has 1 aromatic heterocycles. The van der Waals surface area contributed by atoms with Crippen molar-refractivity contribution in [3.05, 3.63) is 35.2 Å². The van der Waals surface area contributed by atoms with Gasteiger partial charge in [0.05, 0.1) is 12.3 Å². The fraction of sp³-hybridized carbons (Fsp3) is 0.333. The number of rotatable bonds is 3. The number of aromatic nitrogens is 2. The van der Waals surface area contributed by atoms with Crippen LogP contribution in [0.4, 0.5) is 0 Å². The van der Waals surface area contributed by atoms with Gasteiger partial charge in [-0.2, -0.15) is 4.31 Å². The fourth-order valence-corrected chi connectivity index (χ4v) is 3.73. The number of halogens is 1. The van der Waals surface area contributed by atoms with E-state index in [-0.39, 0.29) is 18.2 Å². The van der Waals surface area contributed by atoms with Crippen molar-refractivity contribution in [1.29, 1.82) is 0 Å². The topological polar surface area (TPSA) is 76.3 Å². The molecule has 20 heavy (non-hydrogen) atoms. The van der Waals surface area contributed by atoms with E-state index in [4.69, 9.17) is 16.0 Å².